The van der Waals surface area contributed by atoms with Gasteiger partial charge in [-0.15, -0.1) is 0 Å². The van der Waals surface area contributed by atoms with E-state index in [2.05, 4.69) is 17.1 Å². The number of hydrogen-bond donors (Lipinski definition) is 2. The van der Waals surface area contributed by atoms with Crippen molar-refractivity contribution in [1.82, 2.24) is 9.88 Å². The molecule has 35 heavy (non-hydrogen) atoms. The summed E-state index contributed by atoms with van der Waals surface area (Å²) in [7, 11) is 0. The molecule has 0 bridgehead atoms. The number of nitrogens with zero attached hydrogens (tertiary/aromatic N) is 2. The summed E-state index contributed by atoms with van der Waals surface area (Å²) in [5, 5.41) is 4.38. The predicted octanol–water partition coefficient (Wildman–Crippen LogP) is 5.31. The fourth-order valence-corrected chi connectivity index (χ4v) is 5.35. The van der Waals surface area contributed by atoms with Gasteiger partial charge in [0.1, 0.15) is 5.82 Å². The lowest BCUT2D eigenvalue weighted by molar-refractivity contribution is 0.589. The van der Waals surface area contributed by atoms with Gasteiger partial charge in [0.15, 0.2) is 0 Å². The summed E-state index contributed by atoms with van der Waals surface area (Å²) < 4.78 is 17.5. The predicted molar refractivity (Wildman–Crippen MR) is 144 cm³/mol. The molecule has 180 valence electrons. The third kappa shape index (κ3) is 4.07. The molecule has 0 spiro atoms. The van der Waals surface area contributed by atoms with Crippen molar-refractivity contribution in [3.8, 4) is 16.8 Å². The van der Waals surface area contributed by atoms with Crippen molar-refractivity contribution in [2.75, 3.05) is 36.8 Å². The molecule has 4 aromatic rings. The first-order valence-electron chi connectivity index (χ1n) is 11.9. The van der Waals surface area contributed by atoms with Gasteiger partial charge in [-0.25, -0.2) is 4.39 Å². The average Bonchev–Trinajstić information content (AvgIpc) is 2.85. The number of pyridine rings is 1. The normalized spacial score (nSPS) is 14.0. The Morgan fingerprint density at radius 3 is 2.54 bits per heavy atom. The number of nitrogens with one attached hydrogen (secondary N) is 1. The van der Waals surface area contributed by atoms with Crippen LogP contribution in [0.15, 0.2) is 59.4 Å². The van der Waals surface area contributed by atoms with E-state index in [-0.39, 0.29) is 11.1 Å². The summed E-state index contributed by atoms with van der Waals surface area (Å²) >= 11 is 6.47. The zero-order valence-electron chi connectivity index (χ0n) is 19.9. The smallest absolute Gasteiger partial charge is 0.257 e. The van der Waals surface area contributed by atoms with Crippen molar-refractivity contribution < 1.29 is 4.39 Å². The van der Waals surface area contributed by atoms with Crippen LogP contribution in [0.3, 0.4) is 0 Å². The molecule has 0 atom stereocenters. The van der Waals surface area contributed by atoms with Gasteiger partial charge in [0.2, 0.25) is 0 Å². The molecule has 3 N–H and O–H groups in total. The highest BCUT2D eigenvalue weighted by atomic mass is 35.5. The Morgan fingerprint density at radius 1 is 1.09 bits per heavy atom. The van der Waals surface area contributed by atoms with E-state index < -0.39 is 5.82 Å². The van der Waals surface area contributed by atoms with Gasteiger partial charge in [-0.3, -0.25) is 9.36 Å². The minimum atomic E-state index is -0.431. The average molecular weight is 491 g/mol. The van der Waals surface area contributed by atoms with Crippen molar-refractivity contribution >= 4 is 33.9 Å². The molecule has 3 aromatic carbocycles. The molecule has 0 amide bonds. The topological polar surface area (TPSA) is 63.3 Å². The van der Waals surface area contributed by atoms with Crippen molar-refractivity contribution in [1.29, 1.82) is 0 Å². The maximum absolute atomic E-state index is 15.7. The Labute approximate surface area is 208 Å². The Hall–Kier alpha value is -3.35. The first-order valence-corrected chi connectivity index (χ1v) is 12.3. The molecule has 0 unspecified atom stereocenters. The summed E-state index contributed by atoms with van der Waals surface area (Å²) in [5.41, 5.74) is 11.4. The molecule has 1 saturated heterocycles. The van der Waals surface area contributed by atoms with Gasteiger partial charge in [-0.2, -0.15) is 0 Å². The number of nitrogen functional groups attached to an aromatic ring is 1. The molecule has 5 nitrogen and oxygen atoms in total. The number of piperazine rings is 1. The highest BCUT2D eigenvalue weighted by Gasteiger charge is 2.22. The third-order valence-electron chi connectivity index (χ3n) is 6.78. The van der Waals surface area contributed by atoms with Gasteiger partial charge in [0, 0.05) is 54.4 Å². The summed E-state index contributed by atoms with van der Waals surface area (Å²) in [6.45, 7) is 7.15. The van der Waals surface area contributed by atoms with E-state index in [1.807, 2.05) is 25.1 Å². The second kappa shape index (κ2) is 9.36. The second-order valence-corrected chi connectivity index (χ2v) is 9.34. The lowest BCUT2D eigenvalue weighted by Crippen LogP contribution is -2.44. The van der Waals surface area contributed by atoms with Gasteiger partial charge in [0.05, 0.1) is 21.9 Å². The molecule has 1 aromatic heterocycles. The first kappa shape index (κ1) is 23.4. The Morgan fingerprint density at radius 2 is 1.83 bits per heavy atom. The fraction of sp³-hybridized carbons (Fsp3) is 0.250. The number of nitrogens with two attached hydrogens (primary N) is 1. The van der Waals surface area contributed by atoms with Crippen LogP contribution in [-0.2, 0) is 6.42 Å². The van der Waals surface area contributed by atoms with Crippen LogP contribution in [0.25, 0.3) is 27.7 Å². The molecular weight excluding hydrogens is 463 g/mol. The fourth-order valence-electron chi connectivity index (χ4n) is 5.07. The molecule has 0 radical (unpaired) electrons. The Bertz CT molecular complexity index is 1470. The lowest BCUT2D eigenvalue weighted by Gasteiger charge is -2.31. The molecule has 1 aliphatic rings. The van der Waals surface area contributed by atoms with Crippen LogP contribution in [0.4, 0.5) is 15.8 Å². The van der Waals surface area contributed by atoms with Gasteiger partial charge >= 0.3 is 0 Å². The summed E-state index contributed by atoms with van der Waals surface area (Å²) in [4.78, 5) is 15.9. The summed E-state index contributed by atoms with van der Waals surface area (Å²) in [5.74, 6) is -0.431. The quantitative estimate of drug-likeness (QED) is 0.380. The lowest BCUT2D eigenvalue weighted by atomic mass is 9.99. The van der Waals surface area contributed by atoms with Gasteiger partial charge in [0.25, 0.3) is 5.56 Å². The number of para-hydroxylation sites is 1. The van der Waals surface area contributed by atoms with Gasteiger partial charge in [-0.05, 0) is 48.7 Å². The number of anilines is 2. The minimum Gasteiger partial charge on any atom is -0.398 e. The largest absolute Gasteiger partial charge is 0.398 e. The van der Waals surface area contributed by atoms with Crippen LogP contribution in [0.5, 0.6) is 0 Å². The molecular formula is C28H28ClFN4O. The second-order valence-electron chi connectivity index (χ2n) is 8.93. The van der Waals surface area contributed by atoms with E-state index in [4.69, 9.17) is 17.3 Å². The number of hydrogen-bond acceptors (Lipinski definition) is 4. The summed E-state index contributed by atoms with van der Waals surface area (Å²) in [6.07, 6.45) is 0.760. The number of aryl methyl sites for hydroxylation is 2. The number of rotatable bonds is 4. The molecule has 1 aliphatic heterocycles. The van der Waals surface area contributed by atoms with E-state index in [0.717, 1.165) is 55.1 Å². The van der Waals surface area contributed by atoms with Gasteiger partial charge in [-0.1, -0.05) is 42.8 Å². The van der Waals surface area contributed by atoms with Crippen LogP contribution >= 0.6 is 11.6 Å². The maximum atomic E-state index is 15.7. The molecule has 0 aliphatic carbocycles. The number of aromatic nitrogens is 1. The van der Waals surface area contributed by atoms with E-state index in [1.54, 1.807) is 34.9 Å². The molecule has 5 rings (SSSR count). The number of fused-ring (bicyclic) bond motifs is 1. The minimum absolute atomic E-state index is 0.153. The Balaban J connectivity index is 1.90. The zero-order valence-corrected chi connectivity index (χ0v) is 20.6. The highest BCUT2D eigenvalue weighted by Crippen LogP contribution is 2.39. The number of halogens is 2. The first-order chi connectivity index (χ1) is 16.9. The molecule has 2 heterocycles. The van der Waals surface area contributed by atoms with E-state index in [0.29, 0.717) is 27.2 Å². The Kier molecular flexibility index (Phi) is 6.26. The van der Waals surface area contributed by atoms with Crippen molar-refractivity contribution in [2.24, 2.45) is 0 Å². The molecule has 1 fully saturated rings. The highest BCUT2D eigenvalue weighted by molar-refractivity contribution is 6.34. The van der Waals surface area contributed by atoms with Crippen LogP contribution in [-0.4, -0.2) is 30.7 Å². The van der Waals surface area contributed by atoms with Crippen LogP contribution in [0, 0.1) is 12.7 Å². The van der Waals surface area contributed by atoms with Crippen LogP contribution in [0.2, 0.25) is 5.02 Å². The summed E-state index contributed by atoms with van der Waals surface area (Å²) in [6, 6.07) is 16.0. The van der Waals surface area contributed by atoms with E-state index >= 15 is 4.39 Å². The van der Waals surface area contributed by atoms with Crippen LogP contribution in [0.1, 0.15) is 18.1 Å². The van der Waals surface area contributed by atoms with Crippen molar-refractivity contribution in [2.45, 2.75) is 20.3 Å². The van der Waals surface area contributed by atoms with Crippen LogP contribution < -0.4 is 21.5 Å². The van der Waals surface area contributed by atoms with Gasteiger partial charge < -0.3 is 16.0 Å². The zero-order chi connectivity index (χ0) is 24.7. The maximum Gasteiger partial charge on any atom is 0.257 e. The SMILES string of the molecule is CCc1cccc(C)c1-n1c(=O)cc(N2CCNCC2)c2cc(F)c(-c3c(N)cccc3Cl)cc21. The van der Waals surface area contributed by atoms with E-state index in [1.165, 1.54) is 6.07 Å². The monoisotopic (exact) mass is 490 g/mol. The van der Waals surface area contributed by atoms with Crippen molar-refractivity contribution in [3.05, 3.63) is 86.9 Å². The molecule has 0 saturated carbocycles. The molecule has 7 heteroatoms. The van der Waals surface area contributed by atoms with Crippen molar-refractivity contribution in [3.63, 3.8) is 0 Å². The standard InChI is InChI=1S/C28H28ClFN4O/c1-3-18-7-4-6-17(2)28(18)34-25-15-19(27-21(29)8-5-9-23(27)31)22(30)14-20(25)24(16-26(34)35)33-12-10-32-11-13-33/h4-9,14-16,32H,3,10-13,31H2,1-2H3. The third-order valence-corrected chi connectivity index (χ3v) is 7.10. The number of benzene rings is 3. The van der Waals surface area contributed by atoms with E-state index in [9.17, 15) is 4.79 Å².